The van der Waals surface area contributed by atoms with E-state index < -0.39 is 6.04 Å². The van der Waals surface area contributed by atoms with Crippen LogP contribution in [0, 0.1) is 5.92 Å². The number of nitrogens with one attached hydrogen (secondary N) is 3. The molecule has 27 heavy (non-hydrogen) atoms. The lowest BCUT2D eigenvalue weighted by molar-refractivity contribution is -0.118. The summed E-state index contributed by atoms with van der Waals surface area (Å²) in [6.07, 6.45) is 0.834. The number of amides is 3. The average molecular weight is 411 g/mol. The molecule has 0 saturated carbocycles. The van der Waals surface area contributed by atoms with Gasteiger partial charge in [0.05, 0.1) is 6.04 Å². The first-order valence-electron chi connectivity index (χ1n) is 8.39. The van der Waals surface area contributed by atoms with Gasteiger partial charge in [0.15, 0.2) is 0 Å². The number of urea groups is 1. The van der Waals surface area contributed by atoms with E-state index in [0.717, 1.165) is 6.42 Å². The van der Waals surface area contributed by atoms with E-state index >= 15 is 0 Å². The molecule has 0 aliphatic heterocycles. The second-order valence-corrected chi connectivity index (χ2v) is 6.50. The lowest BCUT2D eigenvalue weighted by atomic mass is 9.99. The second-order valence-electron chi connectivity index (χ2n) is 6.06. The maximum Gasteiger partial charge on any atom is 0.323 e. The quantitative estimate of drug-likeness (QED) is 0.554. The maximum atomic E-state index is 12.1. The zero-order valence-corrected chi connectivity index (χ0v) is 16.7. The molecule has 0 bridgehead atoms. The normalized spacial score (nSPS) is 12.3. The van der Waals surface area contributed by atoms with E-state index in [4.69, 9.17) is 17.3 Å². The molecule has 2 aromatic carbocycles. The molecule has 0 saturated heterocycles. The minimum atomic E-state index is -0.553. The highest BCUT2D eigenvalue weighted by atomic mass is 35.5. The lowest BCUT2D eigenvalue weighted by Crippen LogP contribution is -2.40. The van der Waals surface area contributed by atoms with Gasteiger partial charge >= 0.3 is 6.03 Å². The van der Waals surface area contributed by atoms with Gasteiger partial charge in [-0.2, -0.15) is 0 Å². The number of benzene rings is 2. The van der Waals surface area contributed by atoms with Crippen LogP contribution in [0.15, 0.2) is 48.5 Å². The van der Waals surface area contributed by atoms with Crippen molar-refractivity contribution in [3.63, 3.8) is 0 Å². The van der Waals surface area contributed by atoms with Gasteiger partial charge in [-0.25, -0.2) is 4.79 Å². The SMILES string of the molecule is CCC(C)C(N)C(=O)Nc1ccc(NC(=O)Nc2ccc(Cl)cc2)cc1.Cl. The maximum absolute atomic E-state index is 12.1. The Kier molecular flexibility index (Phi) is 9.08. The molecule has 3 amide bonds. The van der Waals surface area contributed by atoms with E-state index in [1.54, 1.807) is 48.5 Å². The van der Waals surface area contributed by atoms with Crippen molar-refractivity contribution in [3.05, 3.63) is 53.6 Å². The Bertz CT molecular complexity index is 751. The summed E-state index contributed by atoms with van der Waals surface area (Å²) in [4.78, 5) is 24.1. The highest BCUT2D eigenvalue weighted by molar-refractivity contribution is 6.30. The van der Waals surface area contributed by atoms with Gasteiger partial charge in [-0.1, -0.05) is 31.9 Å². The van der Waals surface area contributed by atoms with Crippen LogP contribution in [0.1, 0.15) is 20.3 Å². The van der Waals surface area contributed by atoms with Crippen molar-refractivity contribution in [2.45, 2.75) is 26.3 Å². The number of hydrogen-bond donors (Lipinski definition) is 4. The fourth-order valence-corrected chi connectivity index (χ4v) is 2.33. The van der Waals surface area contributed by atoms with Gasteiger partial charge in [0.25, 0.3) is 0 Å². The molecular weight excluding hydrogens is 387 g/mol. The van der Waals surface area contributed by atoms with Crippen LogP contribution in [0.4, 0.5) is 21.9 Å². The van der Waals surface area contributed by atoms with Gasteiger partial charge < -0.3 is 21.7 Å². The third-order valence-electron chi connectivity index (χ3n) is 4.07. The molecular formula is C19H24Cl2N4O2. The standard InChI is InChI=1S/C19H23ClN4O2.ClH/c1-3-12(2)17(21)18(25)22-14-8-10-16(11-9-14)24-19(26)23-15-6-4-13(20)5-7-15;/h4-12,17H,3,21H2,1-2H3,(H,22,25)(H2,23,24,26);1H. The number of nitrogens with two attached hydrogens (primary N) is 1. The summed E-state index contributed by atoms with van der Waals surface area (Å²) in [7, 11) is 0. The number of carbonyl (C=O) groups is 2. The van der Waals surface area contributed by atoms with Crippen molar-refractivity contribution in [1.29, 1.82) is 0 Å². The smallest absolute Gasteiger partial charge is 0.323 e. The molecule has 8 heteroatoms. The molecule has 2 rings (SSSR count). The fraction of sp³-hybridized carbons (Fsp3) is 0.263. The molecule has 146 valence electrons. The highest BCUT2D eigenvalue weighted by Gasteiger charge is 2.19. The minimum absolute atomic E-state index is 0. The zero-order valence-electron chi connectivity index (χ0n) is 15.2. The molecule has 0 aliphatic rings. The molecule has 2 atom stereocenters. The molecule has 5 N–H and O–H groups in total. The summed E-state index contributed by atoms with van der Waals surface area (Å²) >= 11 is 5.81. The first kappa shape index (κ1) is 22.8. The van der Waals surface area contributed by atoms with Crippen molar-refractivity contribution in [3.8, 4) is 0 Å². The Morgan fingerprint density at radius 2 is 1.33 bits per heavy atom. The summed E-state index contributed by atoms with van der Waals surface area (Å²) in [6.45, 7) is 3.93. The van der Waals surface area contributed by atoms with Crippen LogP contribution in [0.25, 0.3) is 0 Å². The molecule has 0 heterocycles. The van der Waals surface area contributed by atoms with Crippen LogP contribution < -0.4 is 21.7 Å². The van der Waals surface area contributed by atoms with Gasteiger partial charge in [-0.05, 0) is 54.4 Å². The largest absolute Gasteiger partial charge is 0.325 e. The van der Waals surface area contributed by atoms with E-state index in [2.05, 4.69) is 16.0 Å². The molecule has 0 aromatic heterocycles. The lowest BCUT2D eigenvalue weighted by Gasteiger charge is -2.17. The van der Waals surface area contributed by atoms with Gasteiger partial charge in [0.2, 0.25) is 5.91 Å². The van der Waals surface area contributed by atoms with Crippen LogP contribution in [0.5, 0.6) is 0 Å². The first-order valence-corrected chi connectivity index (χ1v) is 8.77. The van der Waals surface area contributed by atoms with Gasteiger partial charge in [-0.3, -0.25) is 4.79 Å². The number of anilines is 3. The van der Waals surface area contributed by atoms with Crippen LogP contribution in [0.2, 0.25) is 5.02 Å². The van der Waals surface area contributed by atoms with Crippen molar-refractivity contribution >= 4 is 53.0 Å². The first-order chi connectivity index (χ1) is 12.4. The Hall–Kier alpha value is -2.28. The Balaban J connectivity index is 0.00000364. The van der Waals surface area contributed by atoms with Crippen molar-refractivity contribution in [2.24, 2.45) is 11.7 Å². The molecule has 0 aliphatic carbocycles. The molecule has 2 aromatic rings. The summed E-state index contributed by atoms with van der Waals surface area (Å²) in [6, 6.07) is 12.7. The Morgan fingerprint density at radius 1 is 0.926 bits per heavy atom. The number of halogens is 2. The third-order valence-corrected chi connectivity index (χ3v) is 4.32. The average Bonchev–Trinajstić information content (AvgIpc) is 2.63. The predicted octanol–water partition coefficient (Wildman–Crippen LogP) is 4.72. The van der Waals surface area contributed by atoms with Crippen molar-refractivity contribution in [2.75, 3.05) is 16.0 Å². The van der Waals surface area contributed by atoms with E-state index in [1.165, 1.54) is 0 Å². The molecule has 2 unspecified atom stereocenters. The number of hydrogen-bond acceptors (Lipinski definition) is 3. The summed E-state index contributed by atoms with van der Waals surface area (Å²) in [5, 5.41) is 8.80. The Morgan fingerprint density at radius 3 is 1.78 bits per heavy atom. The Labute approximate surface area is 170 Å². The third kappa shape index (κ3) is 7.09. The monoisotopic (exact) mass is 410 g/mol. The second kappa shape index (κ2) is 10.8. The summed E-state index contributed by atoms with van der Waals surface area (Å²) in [5.41, 5.74) is 7.77. The van der Waals surface area contributed by atoms with E-state index in [0.29, 0.717) is 22.1 Å². The minimum Gasteiger partial charge on any atom is -0.325 e. The molecule has 6 nitrogen and oxygen atoms in total. The topological polar surface area (TPSA) is 96.2 Å². The zero-order chi connectivity index (χ0) is 19.1. The van der Waals surface area contributed by atoms with Crippen molar-refractivity contribution < 1.29 is 9.59 Å². The van der Waals surface area contributed by atoms with E-state index in [9.17, 15) is 9.59 Å². The van der Waals surface area contributed by atoms with Gasteiger partial charge in [-0.15, -0.1) is 12.4 Å². The van der Waals surface area contributed by atoms with Crippen LogP contribution in [-0.4, -0.2) is 18.0 Å². The van der Waals surface area contributed by atoms with Gasteiger partial charge in [0.1, 0.15) is 0 Å². The van der Waals surface area contributed by atoms with Crippen LogP contribution >= 0.6 is 24.0 Å². The van der Waals surface area contributed by atoms with Gasteiger partial charge in [0, 0.05) is 22.1 Å². The highest BCUT2D eigenvalue weighted by Crippen LogP contribution is 2.17. The molecule has 0 fully saturated rings. The number of rotatable bonds is 6. The predicted molar refractivity (Wildman–Crippen MR) is 114 cm³/mol. The molecule has 0 spiro atoms. The van der Waals surface area contributed by atoms with E-state index in [1.807, 2.05) is 13.8 Å². The summed E-state index contributed by atoms with van der Waals surface area (Å²) in [5.74, 6) is -0.118. The van der Waals surface area contributed by atoms with E-state index in [-0.39, 0.29) is 30.3 Å². The van der Waals surface area contributed by atoms with Crippen molar-refractivity contribution in [1.82, 2.24) is 0 Å². The number of carbonyl (C=O) groups excluding carboxylic acids is 2. The van der Waals surface area contributed by atoms with Crippen LogP contribution in [0.3, 0.4) is 0 Å². The van der Waals surface area contributed by atoms with Crippen LogP contribution in [-0.2, 0) is 4.79 Å². The summed E-state index contributed by atoms with van der Waals surface area (Å²) < 4.78 is 0. The fourth-order valence-electron chi connectivity index (χ4n) is 2.20. The molecule has 0 radical (unpaired) electrons.